The fourth-order valence-electron chi connectivity index (χ4n) is 2.33. The molecule has 1 heterocycles. The van der Waals surface area contributed by atoms with Gasteiger partial charge in [0.1, 0.15) is 0 Å². The molecule has 2 rings (SSSR count). The number of carbonyl (C=O) groups is 1. The lowest BCUT2D eigenvalue weighted by atomic mass is 10.0. The van der Waals surface area contributed by atoms with Crippen LogP contribution in [0.4, 0.5) is 0 Å². The lowest BCUT2D eigenvalue weighted by Gasteiger charge is -2.09. The molecule has 0 aliphatic carbocycles. The summed E-state index contributed by atoms with van der Waals surface area (Å²) in [5.74, 6) is 0.854. The molecule has 0 saturated carbocycles. The fraction of sp³-hybridized carbons (Fsp3) is 0.533. The molecule has 1 atom stereocenters. The van der Waals surface area contributed by atoms with Gasteiger partial charge < -0.3 is 10.6 Å². The van der Waals surface area contributed by atoms with Gasteiger partial charge in [0.2, 0.25) is 5.91 Å². The lowest BCUT2D eigenvalue weighted by Crippen LogP contribution is -2.23. The zero-order chi connectivity index (χ0) is 13.5. The molecule has 0 aromatic heterocycles. The molecule has 0 bridgehead atoms. The van der Waals surface area contributed by atoms with Crippen LogP contribution in [0.25, 0.3) is 0 Å². The van der Waals surface area contributed by atoms with E-state index in [0.29, 0.717) is 18.9 Å². The molecule has 1 aliphatic rings. The number of thioether (sulfide) groups is 1. The van der Waals surface area contributed by atoms with Gasteiger partial charge in [-0.15, -0.1) is 24.2 Å². The van der Waals surface area contributed by atoms with Crippen molar-refractivity contribution in [2.45, 2.75) is 30.7 Å². The maximum absolute atomic E-state index is 11.8. The van der Waals surface area contributed by atoms with E-state index in [4.69, 9.17) is 0 Å². The third-order valence-corrected chi connectivity index (χ3v) is 4.33. The topological polar surface area (TPSA) is 41.1 Å². The van der Waals surface area contributed by atoms with Crippen molar-refractivity contribution in [1.29, 1.82) is 0 Å². The van der Waals surface area contributed by atoms with E-state index in [1.165, 1.54) is 11.3 Å². The highest BCUT2D eigenvalue weighted by molar-refractivity contribution is 7.98. The first-order valence-electron chi connectivity index (χ1n) is 6.88. The number of hydrogen-bond acceptors (Lipinski definition) is 3. The monoisotopic (exact) mass is 314 g/mol. The molecular weight excluding hydrogens is 292 g/mol. The number of carbonyl (C=O) groups excluding carboxylic acids is 1. The molecule has 20 heavy (non-hydrogen) atoms. The Labute approximate surface area is 131 Å². The lowest BCUT2D eigenvalue weighted by molar-refractivity contribution is -0.121. The molecule has 0 spiro atoms. The first kappa shape index (κ1) is 17.3. The molecule has 1 saturated heterocycles. The van der Waals surface area contributed by atoms with Crippen molar-refractivity contribution in [3.05, 3.63) is 29.8 Å². The van der Waals surface area contributed by atoms with Crippen LogP contribution in [-0.4, -0.2) is 25.3 Å². The second-order valence-electron chi connectivity index (χ2n) is 5.02. The molecule has 2 N–H and O–H groups in total. The van der Waals surface area contributed by atoms with Crippen molar-refractivity contribution in [2.75, 3.05) is 19.3 Å². The van der Waals surface area contributed by atoms with Gasteiger partial charge >= 0.3 is 0 Å². The van der Waals surface area contributed by atoms with E-state index in [9.17, 15) is 4.79 Å². The van der Waals surface area contributed by atoms with E-state index < -0.39 is 0 Å². The number of hydrogen-bond donors (Lipinski definition) is 2. The number of benzene rings is 1. The Bertz CT molecular complexity index is 405. The predicted molar refractivity (Wildman–Crippen MR) is 87.5 cm³/mol. The number of halogens is 1. The van der Waals surface area contributed by atoms with E-state index in [0.717, 1.165) is 25.1 Å². The summed E-state index contributed by atoms with van der Waals surface area (Å²) in [7, 11) is 0. The summed E-state index contributed by atoms with van der Waals surface area (Å²) in [5.41, 5.74) is 1.16. The van der Waals surface area contributed by atoms with Crippen LogP contribution in [0.5, 0.6) is 0 Å². The summed E-state index contributed by atoms with van der Waals surface area (Å²) in [6.07, 6.45) is 4.93. The van der Waals surface area contributed by atoms with Crippen molar-refractivity contribution in [1.82, 2.24) is 10.6 Å². The minimum atomic E-state index is 0. The molecule has 1 unspecified atom stereocenters. The van der Waals surface area contributed by atoms with E-state index in [2.05, 4.69) is 41.2 Å². The van der Waals surface area contributed by atoms with Crippen molar-refractivity contribution in [3.8, 4) is 0 Å². The first-order valence-corrected chi connectivity index (χ1v) is 8.11. The van der Waals surface area contributed by atoms with Crippen LogP contribution in [0, 0.1) is 5.92 Å². The van der Waals surface area contributed by atoms with Crippen LogP contribution < -0.4 is 10.6 Å². The average Bonchev–Trinajstić information content (AvgIpc) is 2.96. The van der Waals surface area contributed by atoms with Crippen LogP contribution >= 0.6 is 24.2 Å². The molecule has 1 aromatic carbocycles. The van der Waals surface area contributed by atoms with Crippen LogP contribution in [0.1, 0.15) is 24.8 Å². The standard InChI is InChI=1S/C15H22N2OS.ClH/c1-19-14-5-2-12(3-6-14)11-17-15(18)7-4-13-8-9-16-10-13;/h2-3,5-6,13,16H,4,7-11H2,1H3,(H,17,18);1H. The Morgan fingerprint density at radius 2 is 2.15 bits per heavy atom. The molecular formula is C15H23ClN2OS. The van der Waals surface area contributed by atoms with Crippen molar-refractivity contribution >= 4 is 30.1 Å². The number of nitrogens with one attached hydrogen (secondary N) is 2. The summed E-state index contributed by atoms with van der Waals surface area (Å²) in [4.78, 5) is 13.0. The Morgan fingerprint density at radius 1 is 1.40 bits per heavy atom. The Balaban J connectivity index is 0.00000200. The molecule has 1 aromatic rings. The maximum Gasteiger partial charge on any atom is 0.220 e. The van der Waals surface area contributed by atoms with Crippen LogP contribution in [-0.2, 0) is 11.3 Å². The summed E-state index contributed by atoms with van der Waals surface area (Å²) in [5, 5.41) is 6.33. The van der Waals surface area contributed by atoms with Gasteiger partial charge in [-0.3, -0.25) is 4.79 Å². The third-order valence-electron chi connectivity index (χ3n) is 3.59. The van der Waals surface area contributed by atoms with E-state index in [-0.39, 0.29) is 18.3 Å². The molecule has 0 radical (unpaired) electrons. The SMILES string of the molecule is CSc1ccc(CNC(=O)CCC2CCNC2)cc1.Cl. The highest BCUT2D eigenvalue weighted by Gasteiger charge is 2.15. The fourth-order valence-corrected chi connectivity index (χ4v) is 2.74. The van der Waals surface area contributed by atoms with Gasteiger partial charge in [0.15, 0.2) is 0 Å². The smallest absolute Gasteiger partial charge is 0.220 e. The van der Waals surface area contributed by atoms with Crippen molar-refractivity contribution in [3.63, 3.8) is 0 Å². The van der Waals surface area contributed by atoms with E-state index in [1.54, 1.807) is 11.8 Å². The van der Waals surface area contributed by atoms with E-state index in [1.807, 2.05) is 0 Å². The van der Waals surface area contributed by atoms with Crippen molar-refractivity contribution in [2.24, 2.45) is 5.92 Å². The summed E-state index contributed by atoms with van der Waals surface area (Å²) in [6, 6.07) is 8.34. The van der Waals surface area contributed by atoms with Gasteiger partial charge in [0.25, 0.3) is 0 Å². The minimum absolute atomic E-state index is 0. The summed E-state index contributed by atoms with van der Waals surface area (Å²) < 4.78 is 0. The molecule has 1 amide bonds. The van der Waals surface area contributed by atoms with Gasteiger partial charge in [-0.05, 0) is 55.8 Å². The van der Waals surface area contributed by atoms with Crippen LogP contribution in [0.2, 0.25) is 0 Å². The zero-order valence-electron chi connectivity index (χ0n) is 11.9. The predicted octanol–water partition coefficient (Wildman–Crippen LogP) is 2.84. The van der Waals surface area contributed by atoms with Crippen LogP contribution in [0.3, 0.4) is 0 Å². The normalized spacial score (nSPS) is 17.6. The minimum Gasteiger partial charge on any atom is -0.352 e. The maximum atomic E-state index is 11.8. The summed E-state index contributed by atoms with van der Waals surface area (Å²) in [6.45, 7) is 2.81. The van der Waals surface area contributed by atoms with Gasteiger partial charge in [0, 0.05) is 17.9 Å². The Kier molecular flexibility index (Phi) is 8.04. The molecule has 112 valence electrons. The molecule has 5 heteroatoms. The van der Waals surface area contributed by atoms with Gasteiger partial charge in [-0.1, -0.05) is 12.1 Å². The summed E-state index contributed by atoms with van der Waals surface area (Å²) >= 11 is 1.73. The zero-order valence-corrected chi connectivity index (χ0v) is 13.5. The average molecular weight is 315 g/mol. The van der Waals surface area contributed by atoms with Gasteiger partial charge in [-0.2, -0.15) is 0 Å². The second kappa shape index (κ2) is 9.27. The molecule has 1 aliphatic heterocycles. The Morgan fingerprint density at radius 3 is 2.75 bits per heavy atom. The highest BCUT2D eigenvalue weighted by Crippen LogP contribution is 2.15. The highest BCUT2D eigenvalue weighted by atomic mass is 35.5. The number of amides is 1. The van der Waals surface area contributed by atoms with Gasteiger partial charge in [-0.25, -0.2) is 0 Å². The quantitative estimate of drug-likeness (QED) is 0.793. The van der Waals surface area contributed by atoms with Crippen molar-refractivity contribution < 1.29 is 4.79 Å². The van der Waals surface area contributed by atoms with Crippen LogP contribution in [0.15, 0.2) is 29.2 Å². The second-order valence-corrected chi connectivity index (χ2v) is 5.90. The molecule has 3 nitrogen and oxygen atoms in total. The van der Waals surface area contributed by atoms with E-state index >= 15 is 0 Å². The molecule has 1 fully saturated rings. The third kappa shape index (κ3) is 5.73. The number of rotatable bonds is 6. The largest absolute Gasteiger partial charge is 0.352 e. The van der Waals surface area contributed by atoms with Gasteiger partial charge in [0.05, 0.1) is 0 Å². The Hall–Kier alpha value is -0.710. The first-order chi connectivity index (χ1) is 9.28.